The molecule has 0 saturated carbocycles. The van der Waals surface area contributed by atoms with Gasteiger partial charge in [-0.25, -0.2) is 38.6 Å². The average Bonchev–Trinajstić information content (AvgIpc) is 1.61. The third-order valence-electron chi connectivity index (χ3n) is 21.5. The third kappa shape index (κ3) is 31.0. The van der Waals surface area contributed by atoms with Gasteiger partial charge in [-0.1, -0.05) is 88.4 Å². The maximum atomic E-state index is 12.9. The van der Waals surface area contributed by atoms with E-state index in [0.717, 1.165) is 151 Å². The molecule has 718 valence electrons. The van der Waals surface area contributed by atoms with Crippen molar-refractivity contribution in [1.82, 2.24) is 90.7 Å². The number of hydroxylamine groups is 6. The predicted molar refractivity (Wildman–Crippen MR) is 503 cm³/mol. The van der Waals surface area contributed by atoms with Crippen LogP contribution in [0.25, 0.3) is 28.4 Å². The van der Waals surface area contributed by atoms with Gasteiger partial charge in [0, 0.05) is 51.5 Å². The maximum absolute atomic E-state index is 12.9. The monoisotopic (exact) mass is 1850 g/mol. The molecule has 0 fully saturated rings. The first kappa shape index (κ1) is 104. The molecule has 37 heteroatoms. The second-order valence-corrected chi connectivity index (χ2v) is 31.6. The van der Waals surface area contributed by atoms with Gasteiger partial charge in [-0.15, -0.1) is 13.2 Å². The Hall–Kier alpha value is -14.6. The molecule has 6 bridgehead atoms. The highest BCUT2D eigenvalue weighted by molar-refractivity contribution is 5.99. The van der Waals surface area contributed by atoms with Crippen LogP contribution in [0.4, 0.5) is 0 Å². The molecule has 135 heavy (non-hydrogen) atoms. The van der Waals surface area contributed by atoms with E-state index in [2.05, 4.69) is 72.2 Å². The maximum Gasteiger partial charge on any atom is 0.270 e. The van der Waals surface area contributed by atoms with E-state index in [9.17, 15) is 48.3 Å². The zero-order valence-electron chi connectivity index (χ0n) is 78.2. The summed E-state index contributed by atoms with van der Waals surface area (Å²) in [7, 11) is 8.74. The van der Waals surface area contributed by atoms with Crippen LogP contribution in [0.1, 0.15) is 193 Å². The first-order chi connectivity index (χ1) is 65.4. The number of carbonyl (C=O) groups excluding carboxylic acids is 9. The van der Waals surface area contributed by atoms with Crippen LogP contribution < -0.4 is 50.3 Å². The van der Waals surface area contributed by atoms with Crippen molar-refractivity contribution < 1.29 is 86.5 Å². The minimum Gasteiger partial charge on any atom is -0.494 e. The SMILES string of the molecule is C=CCCOc1cccc(-n2nccc2C(=O)N[C@@H](CC=C)C(=O)N(C)OC)c1.CCCCOc1cccc(-n2nccc2C(=O)N[C@@H](CCC)C(=O)N(C)OC)c1.CON(C)C(=O)[C@@H]1CCCCCOc2cccc(c2)-n2nccc2C(=O)N1.Cc1cc2n(n1)-c1cccc(c1)OCCCCC[C@@H](C(O)C#N)NC2=O.Cc1cc2n(n1)-c1cccc(c1)OCCCCC[C@@H](C=O)NC2=O. The fraction of sp³-hybridized carbons (Fsp3) is 0.398. The molecular formula is C98H123N19O18. The van der Waals surface area contributed by atoms with Gasteiger partial charge in [-0.05, 0) is 188 Å². The molecule has 5 aromatic heterocycles. The number of fused-ring (bicyclic) bond motifs is 12. The lowest BCUT2D eigenvalue weighted by Gasteiger charge is -2.23. The lowest BCUT2D eigenvalue weighted by molar-refractivity contribution is -0.171. The molecular weight excluding hydrogens is 1730 g/mol. The van der Waals surface area contributed by atoms with Crippen molar-refractivity contribution in [1.29, 1.82) is 5.26 Å². The normalized spacial score (nSPS) is 15.6. The van der Waals surface area contributed by atoms with Gasteiger partial charge in [0.15, 0.2) is 6.10 Å². The summed E-state index contributed by atoms with van der Waals surface area (Å²) in [6.07, 6.45) is 21.3. The molecule has 37 nitrogen and oxygen atoms in total. The van der Waals surface area contributed by atoms with E-state index in [1.54, 1.807) is 70.3 Å². The second-order valence-electron chi connectivity index (χ2n) is 31.6. The van der Waals surface area contributed by atoms with Gasteiger partial charge in [0.05, 0.1) is 131 Å². The number of benzene rings is 5. The number of aliphatic hydroxyl groups excluding tert-OH is 1. The summed E-state index contributed by atoms with van der Waals surface area (Å²) in [6, 6.07) is 43.9. The number of aliphatic hydroxyl groups is 1. The number of nitrogens with zero attached hydrogens (tertiary/aromatic N) is 14. The molecule has 13 rings (SSSR count). The average molecular weight is 1860 g/mol. The van der Waals surface area contributed by atoms with Gasteiger partial charge in [0.2, 0.25) is 0 Å². The van der Waals surface area contributed by atoms with Crippen LogP contribution in [0.3, 0.4) is 0 Å². The minimum atomic E-state index is -1.25. The van der Waals surface area contributed by atoms with Gasteiger partial charge in [-0.3, -0.25) is 52.9 Å². The first-order valence-electron chi connectivity index (χ1n) is 45.0. The summed E-state index contributed by atoms with van der Waals surface area (Å²) in [4.78, 5) is 127. The van der Waals surface area contributed by atoms with E-state index >= 15 is 0 Å². The molecule has 3 aliphatic rings. The van der Waals surface area contributed by atoms with Crippen LogP contribution >= 0.6 is 0 Å². The predicted octanol–water partition coefficient (Wildman–Crippen LogP) is 12.0. The number of nitriles is 1. The minimum absolute atomic E-state index is 0.263. The summed E-state index contributed by atoms with van der Waals surface area (Å²) in [5, 5.41) is 57.8. The van der Waals surface area contributed by atoms with E-state index in [-0.39, 0.29) is 53.5 Å². The van der Waals surface area contributed by atoms with E-state index in [1.807, 2.05) is 142 Å². The number of hydrogen-bond donors (Lipinski definition) is 6. The third-order valence-corrected chi connectivity index (χ3v) is 21.5. The Morgan fingerprint density at radius 3 is 1.45 bits per heavy atom. The highest BCUT2D eigenvalue weighted by Gasteiger charge is 2.32. The Morgan fingerprint density at radius 2 is 0.970 bits per heavy atom. The van der Waals surface area contributed by atoms with Crippen molar-refractivity contribution in [3.05, 3.63) is 235 Å². The summed E-state index contributed by atoms with van der Waals surface area (Å²) >= 11 is 0. The number of amides is 8. The van der Waals surface area contributed by atoms with Crippen molar-refractivity contribution in [3.63, 3.8) is 0 Å². The van der Waals surface area contributed by atoms with Crippen LogP contribution in [0, 0.1) is 25.2 Å². The van der Waals surface area contributed by atoms with Crippen molar-refractivity contribution in [3.8, 4) is 63.3 Å². The molecule has 0 saturated heterocycles. The highest BCUT2D eigenvalue weighted by atomic mass is 16.7. The number of unbranched alkanes of at least 4 members (excludes halogenated alkanes) is 1. The Morgan fingerprint density at radius 1 is 0.526 bits per heavy atom. The molecule has 6 atom stereocenters. The van der Waals surface area contributed by atoms with Gasteiger partial charge in [0.1, 0.15) is 81.6 Å². The molecule has 5 aromatic carbocycles. The zero-order valence-corrected chi connectivity index (χ0v) is 78.2. The standard InChI is InChI=1S/C21H30N4O4.C21H26N4O4.C19H24N4O4.C19H22N4O3.C18H21N3O3/c2*1-5-7-14-29-17-11-8-10-16(15-17)25-19(12-13-22-25)20(26)23-18(9-6-2)21(27)24(3)28-4;1-22(26-2)19(25)16-9-4-3-5-12-27-15-8-6-7-14(13-15)23-17(10-11-20-23)18(24)21-16;1-13-10-17-19(25)21-16(18(24)12-20)8-3-2-4-9-26-15-7-5-6-14(11-15)23(17)22-13;1-13-10-17-18(23)19-14(12-22)6-3-2-4-9-24-16-8-5-7-15(11-16)21(17)20-13/h8,10-13,15,18H,5-7,9,14H2,1-4H3,(H,23,26);5-6,8,10-13,15,18H,1-2,7,9,14H2,3-4H3,(H,23,26);6-8,10-11,13,16H,3-5,9,12H2,1-2H3,(H,21,24);5-7,10-11,16,18,24H,2-4,8-9H2,1H3,(H,21,25);5,7-8,10-12,14H,2-4,6,9H2,1H3,(H,19,23)/t2*18-;16-;16-,18?;14-/m00000/s1. The fourth-order valence-electron chi connectivity index (χ4n) is 14.2. The number of aryl methyl sites for hydroxylation is 2. The number of carbonyl (C=O) groups is 9. The number of nitrogens with one attached hydrogen (secondary N) is 5. The number of rotatable bonds is 26. The molecule has 3 aliphatic heterocycles. The molecule has 8 amide bonds. The topological polar surface area (TPSA) is 430 Å². The summed E-state index contributed by atoms with van der Waals surface area (Å²) in [6.45, 7) is 18.0. The Balaban J connectivity index is 0.000000190. The molecule has 0 spiro atoms. The summed E-state index contributed by atoms with van der Waals surface area (Å²) in [5.74, 6) is 0.787. The zero-order chi connectivity index (χ0) is 97.1. The number of aldehydes is 1. The molecule has 0 radical (unpaired) electrons. The number of hydrogen-bond acceptors (Lipinski definition) is 24. The van der Waals surface area contributed by atoms with E-state index in [0.29, 0.717) is 104 Å². The van der Waals surface area contributed by atoms with E-state index in [1.165, 1.54) is 62.7 Å². The van der Waals surface area contributed by atoms with Crippen LogP contribution in [0.15, 0.2) is 196 Å². The molecule has 1 unspecified atom stereocenters. The molecule has 6 N–H and O–H groups in total. The van der Waals surface area contributed by atoms with Gasteiger partial charge in [-0.2, -0.15) is 30.8 Å². The Kier molecular flexibility index (Phi) is 41.9. The van der Waals surface area contributed by atoms with Crippen LogP contribution in [0.2, 0.25) is 0 Å². The second kappa shape index (κ2) is 54.4. The van der Waals surface area contributed by atoms with Gasteiger partial charge >= 0.3 is 0 Å². The largest absolute Gasteiger partial charge is 0.494 e. The number of likely N-dealkylation sites (N-methyl/N-ethyl adjacent to an activating group) is 3. The van der Waals surface area contributed by atoms with Crippen molar-refractivity contribution in [2.45, 2.75) is 180 Å². The van der Waals surface area contributed by atoms with Crippen LogP contribution in [0.5, 0.6) is 28.7 Å². The van der Waals surface area contributed by atoms with Gasteiger partial charge in [0.25, 0.3) is 47.3 Å². The van der Waals surface area contributed by atoms with E-state index < -0.39 is 42.2 Å². The van der Waals surface area contributed by atoms with Crippen molar-refractivity contribution in [2.75, 3.05) is 75.5 Å². The van der Waals surface area contributed by atoms with Crippen molar-refractivity contribution >= 4 is 53.5 Å². The lowest BCUT2D eigenvalue weighted by Crippen LogP contribution is -2.47. The highest BCUT2D eigenvalue weighted by Crippen LogP contribution is 2.27. The summed E-state index contributed by atoms with van der Waals surface area (Å²) < 4.78 is 36.5. The Labute approximate surface area is 785 Å². The Bertz CT molecular complexity index is 5600. The van der Waals surface area contributed by atoms with Gasteiger partial charge < -0.3 is 60.2 Å². The van der Waals surface area contributed by atoms with Crippen LogP contribution in [-0.2, 0) is 33.7 Å². The van der Waals surface area contributed by atoms with E-state index in [4.69, 9.17) is 43.5 Å². The fourth-order valence-corrected chi connectivity index (χ4v) is 14.2. The smallest absolute Gasteiger partial charge is 0.270 e. The summed E-state index contributed by atoms with van der Waals surface area (Å²) in [5.41, 5.74) is 6.74. The number of ether oxygens (including phenoxy) is 5. The van der Waals surface area contributed by atoms with Crippen molar-refractivity contribution in [2.24, 2.45) is 0 Å². The molecule has 0 aliphatic carbocycles. The first-order valence-corrected chi connectivity index (χ1v) is 45.0. The van der Waals surface area contributed by atoms with Crippen LogP contribution in [-0.4, -0.2) is 235 Å². The number of aromatic nitrogens is 10. The molecule has 8 heterocycles. The lowest BCUT2D eigenvalue weighted by atomic mass is 10.0. The molecule has 10 aromatic rings. The quantitative estimate of drug-likeness (QED) is 0.00964.